The Morgan fingerprint density at radius 2 is 2.00 bits per heavy atom. The van der Waals surface area contributed by atoms with Crippen LogP contribution >= 0.6 is 0 Å². The van der Waals surface area contributed by atoms with Crippen molar-refractivity contribution in [2.24, 2.45) is 0 Å². The van der Waals surface area contributed by atoms with E-state index in [9.17, 15) is 0 Å². The largest absolute Gasteiger partial charge is 0.357 e. The van der Waals surface area contributed by atoms with Gasteiger partial charge in [0.2, 0.25) is 0 Å². The van der Waals surface area contributed by atoms with Gasteiger partial charge in [0, 0.05) is 37.0 Å². The van der Waals surface area contributed by atoms with Crippen LogP contribution in [0.5, 0.6) is 0 Å². The van der Waals surface area contributed by atoms with Gasteiger partial charge in [-0.15, -0.1) is 0 Å². The van der Waals surface area contributed by atoms with Crippen LogP contribution < -0.4 is 0 Å². The third kappa shape index (κ3) is 2.70. The molecule has 0 radical (unpaired) electrons. The summed E-state index contributed by atoms with van der Waals surface area (Å²) in [7, 11) is 0. The highest BCUT2D eigenvalue weighted by Crippen LogP contribution is 2.24. The molecule has 1 aliphatic rings. The number of aromatic amines is 1. The summed E-state index contributed by atoms with van der Waals surface area (Å²) in [6.07, 6.45) is 1.84. The number of aryl methyl sites for hydroxylation is 1. The Morgan fingerprint density at radius 3 is 2.88 bits per heavy atom. The average Bonchev–Trinajstić information content (AvgIpc) is 3.24. The second-order valence-corrected chi connectivity index (χ2v) is 7.01. The molecule has 4 heterocycles. The summed E-state index contributed by atoms with van der Waals surface area (Å²) in [5.74, 6) is 0. The number of fused-ring (bicyclic) bond motifs is 2. The Bertz CT molecular complexity index is 1040. The van der Waals surface area contributed by atoms with Gasteiger partial charge in [0.25, 0.3) is 0 Å². The number of nitrogens with one attached hydrogen (secondary N) is 1. The summed E-state index contributed by atoms with van der Waals surface area (Å²) >= 11 is 0. The van der Waals surface area contributed by atoms with Crippen molar-refractivity contribution >= 4 is 10.9 Å². The maximum atomic E-state index is 4.78. The monoisotopic (exact) mass is 343 g/mol. The lowest BCUT2D eigenvalue weighted by molar-refractivity contribution is 0.203. The van der Waals surface area contributed by atoms with Gasteiger partial charge in [0.1, 0.15) is 5.69 Å². The van der Waals surface area contributed by atoms with E-state index in [-0.39, 0.29) is 0 Å². The Kier molecular flexibility index (Phi) is 3.60. The van der Waals surface area contributed by atoms with Crippen molar-refractivity contribution in [3.8, 4) is 11.4 Å². The molecule has 0 bridgehead atoms. The molecule has 0 amide bonds. The standard InChI is InChI=1S/C21H21N5/c1-15-5-4-8-22-21(15)20-12-18-14-25(9-10-26(18)24-20)13-17-11-16-6-2-3-7-19(16)23-17/h2-8,11-12,23H,9-10,13-14H2,1H3. The molecule has 5 rings (SSSR count). The first-order valence-electron chi connectivity index (χ1n) is 9.04. The topological polar surface area (TPSA) is 49.7 Å². The van der Waals surface area contributed by atoms with Gasteiger partial charge in [-0.05, 0) is 42.1 Å². The Labute approximate surface area is 152 Å². The number of pyridine rings is 1. The minimum atomic E-state index is 0.911. The molecule has 130 valence electrons. The van der Waals surface area contributed by atoms with Crippen molar-refractivity contribution in [2.75, 3.05) is 6.54 Å². The molecule has 0 unspecified atom stereocenters. The second kappa shape index (κ2) is 6.11. The van der Waals surface area contributed by atoms with Gasteiger partial charge in [-0.3, -0.25) is 14.6 Å². The lowest BCUT2D eigenvalue weighted by Gasteiger charge is -2.26. The quantitative estimate of drug-likeness (QED) is 0.616. The van der Waals surface area contributed by atoms with Crippen molar-refractivity contribution < 1.29 is 0 Å². The molecule has 5 nitrogen and oxygen atoms in total. The highest BCUT2D eigenvalue weighted by atomic mass is 15.3. The molecule has 5 heteroatoms. The summed E-state index contributed by atoms with van der Waals surface area (Å²) in [6.45, 7) is 5.85. The third-order valence-corrected chi connectivity index (χ3v) is 5.11. The normalized spacial score (nSPS) is 14.7. The lowest BCUT2D eigenvalue weighted by Crippen LogP contribution is -2.33. The smallest absolute Gasteiger partial charge is 0.111 e. The van der Waals surface area contributed by atoms with Crippen LogP contribution in [0.25, 0.3) is 22.3 Å². The number of rotatable bonds is 3. The zero-order valence-corrected chi connectivity index (χ0v) is 14.8. The van der Waals surface area contributed by atoms with E-state index < -0.39 is 0 Å². The fraction of sp³-hybridized carbons (Fsp3) is 0.238. The van der Waals surface area contributed by atoms with Gasteiger partial charge in [-0.2, -0.15) is 5.10 Å². The number of nitrogens with zero attached hydrogens (tertiary/aromatic N) is 4. The van der Waals surface area contributed by atoms with Gasteiger partial charge in [-0.25, -0.2) is 0 Å². The van der Waals surface area contributed by atoms with E-state index in [1.807, 2.05) is 12.3 Å². The summed E-state index contributed by atoms with van der Waals surface area (Å²) in [6, 6.07) is 16.9. The molecule has 1 aromatic carbocycles. The molecule has 1 aliphatic heterocycles. The maximum absolute atomic E-state index is 4.78. The van der Waals surface area contributed by atoms with Crippen LogP contribution in [0.3, 0.4) is 0 Å². The van der Waals surface area contributed by atoms with E-state index in [4.69, 9.17) is 5.10 Å². The van der Waals surface area contributed by atoms with Crippen molar-refractivity contribution in [1.82, 2.24) is 24.6 Å². The second-order valence-electron chi connectivity index (χ2n) is 7.01. The summed E-state index contributed by atoms with van der Waals surface area (Å²) < 4.78 is 2.13. The fourth-order valence-corrected chi connectivity index (χ4v) is 3.78. The minimum Gasteiger partial charge on any atom is -0.357 e. The highest BCUT2D eigenvalue weighted by molar-refractivity contribution is 5.80. The Balaban J connectivity index is 1.37. The van der Waals surface area contributed by atoms with E-state index in [0.717, 1.165) is 43.1 Å². The van der Waals surface area contributed by atoms with E-state index in [1.54, 1.807) is 0 Å². The van der Waals surface area contributed by atoms with Crippen LogP contribution in [0, 0.1) is 6.92 Å². The van der Waals surface area contributed by atoms with Gasteiger partial charge < -0.3 is 4.98 Å². The molecule has 0 fully saturated rings. The summed E-state index contributed by atoms with van der Waals surface area (Å²) in [5, 5.41) is 6.05. The van der Waals surface area contributed by atoms with Crippen molar-refractivity contribution in [3.05, 3.63) is 71.7 Å². The Morgan fingerprint density at radius 1 is 1.08 bits per heavy atom. The molecule has 0 saturated carbocycles. The predicted octanol–water partition coefficient (Wildman–Crippen LogP) is 3.75. The molecule has 26 heavy (non-hydrogen) atoms. The summed E-state index contributed by atoms with van der Waals surface area (Å²) in [5.41, 5.74) is 6.85. The van der Waals surface area contributed by atoms with Crippen LogP contribution in [-0.4, -0.2) is 31.2 Å². The predicted molar refractivity (Wildman–Crippen MR) is 103 cm³/mol. The van der Waals surface area contributed by atoms with Crippen LogP contribution in [-0.2, 0) is 19.6 Å². The maximum Gasteiger partial charge on any atom is 0.111 e. The SMILES string of the molecule is Cc1cccnc1-c1cc2n(n1)CCN(Cc1cc3ccccc3[nH]1)C2. The number of hydrogen-bond acceptors (Lipinski definition) is 3. The highest BCUT2D eigenvalue weighted by Gasteiger charge is 2.20. The van der Waals surface area contributed by atoms with Gasteiger partial charge in [-0.1, -0.05) is 24.3 Å². The molecule has 0 saturated heterocycles. The van der Waals surface area contributed by atoms with Crippen molar-refractivity contribution in [1.29, 1.82) is 0 Å². The van der Waals surface area contributed by atoms with Crippen molar-refractivity contribution in [2.45, 2.75) is 26.6 Å². The molecule has 1 N–H and O–H groups in total. The number of para-hydroxylation sites is 1. The molecule has 0 atom stereocenters. The molecule has 4 aromatic rings. The summed E-state index contributed by atoms with van der Waals surface area (Å²) in [4.78, 5) is 10.5. The number of aromatic nitrogens is 4. The zero-order chi connectivity index (χ0) is 17.5. The van der Waals surface area contributed by atoms with Crippen LogP contribution in [0.4, 0.5) is 0 Å². The molecule has 0 aliphatic carbocycles. The van der Waals surface area contributed by atoms with Crippen LogP contribution in [0.1, 0.15) is 17.0 Å². The number of hydrogen-bond donors (Lipinski definition) is 1. The molecular weight excluding hydrogens is 322 g/mol. The van der Waals surface area contributed by atoms with Gasteiger partial charge in [0.05, 0.1) is 17.9 Å². The fourth-order valence-electron chi connectivity index (χ4n) is 3.78. The zero-order valence-electron chi connectivity index (χ0n) is 14.8. The van der Waals surface area contributed by atoms with Gasteiger partial charge >= 0.3 is 0 Å². The third-order valence-electron chi connectivity index (χ3n) is 5.11. The molecule has 3 aromatic heterocycles. The number of H-pyrrole nitrogens is 1. The van der Waals surface area contributed by atoms with E-state index in [1.165, 1.54) is 22.3 Å². The first-order chi connectivity index (χ1) is 12.8. The van der Waals surface area contributed by atoms with Crippen molar-refractivity contribution in [3.63, 3.8) is 0 Å². The minimum absolute atomic E-state index is 0.911. The first kappa shape index (κ1) is 15.3. The van der Waals surface area contributed by atoms with Gasteiger partial charge in [0.15, 0.2) is 0 Å². The van der Waals surface area contributed by atoms with E-state index in [2.05, 4.69) is 68.9 Å². The van der Waals surface area contributed by atoms with Crippen LogP contribution in [0.2, 0.25) is 0 Å². The van der Waals surface area contributed by atoms with E-state index >= 15 is 0 Å². The number of benzene rings is 1. The van der Waals surface area contributed by atoms with E-state index in [0.29, 0.717) is 0 Å². The lowest BCUT2D eigenvalue weighted by atomic mass is 10.1. The Hall–Kier alpha value is -2.92. The first-order valence-corrected chi connectivity index (χ1v) is 9.04. The average molecular weight is 343 g/mol. The molecular formula is C21H21N5. The molecule has 0 spiro atoms. The van der Waals surface area contributed by atoms with Crippen LogP contribution in [0.15, 0.2) is 54.7 Å².